The fourth-order valence-electron chi connectivity index (χ4n) is 3.00. The lowest BCUT2D eigenvalue weighted by molar-refractivity contribution is -0.121. The monoisotopic (exact) mass is 320 g/mol. The number of carbonyl (C=O) groups excluding carboxylic acids is 2. The summed E-state index contributed by atoms with van der Waals surface area (Å²) in [6, 6.07) is 16.7. The summed E-state index contributed by atoms with van der Waals surface area (Å²) in [6.07, 6.45) is 1.70. The lowest BCUT2D eigenvalue weighted by atomic mass is 10.1. The van der Waals surface area contributed by atoms with E-state index in [2.05, 4.69) is 6.58 Å². The quantitative estimate of drug-likeness (QED) is 0.812. The Morgan fingerprint density at radius 1 is 1.12 bits per heavy atom. The van der Waals surface area contributed by atoms with Gasteiger partial charge in [-0.1, -0.05) is 43.3 Å². The second kappa shape index (κ2) is 6.71. The number of para-hydroxylation sites is 2. The Kier molecular flexibility index (Phi) is 4.47. The van der Waals surface area contributed by atoms with Crippen molar-refractivity contribution in [1.82, 2.24) is 0 Å². The van der Waals surface area contributed by atoms with Gasteiger partial charge in [-0.2, -0.15) is 0 Å². The van der Waals surface area contributed by atoms with Gasteiger partial charge in [0.25, 0.3) is 5.91 Å². The molecule has 2 aromatic rings. The highest BCUT2D eigenvalue weighted by atomic mass is 16.2. The summed E-state index contributed by atoms with van der Waals surface area (Å²) < 4.78 is 0. The van der Waals surface area contributed by atoms with Gasteiger partial charge in [0, 0.05) is 18.7 Å². The minimum Gasteiger partial charge on any atom is -0.306 e. The predicted molar refractivity (Wildman–Crippen MR) is 96.3 cm³/mol. The van der Waals surface area contributed by atoms with Crippen molar-refractivity contribution in [1.29, 1.82) is 0 Å². The minimum atomic E-state index is -0.287. The van der Waals surface area contributed by atoms with E-state index in [-0.39, 0.29) is 17.7 Å². The van der Waals surface area contributed by atoms with E-state index in [0.717, 1.165) is 11.4 Å². The second-order valence-corrected chi connectivity index (χ2v) is 5.91. The normalized spacial score (nSPS) is 17.2. The van der Waals surface area contributed by atoms with Gasteiger partial charge in [-0.05, 0) is 24.3 Å². The SMILES string of the molecule is C=CCN1C(=O)C(C)CN(C(=O)c2ccccc2)c2ccccc21. The van der Waals surface area contributed by atoms with Crippen LogP contribution in [0.15, 0.2) is 67.3 Å². The van der Waals surface area contributed by atoms with Crippen LogP contribution < -0.4 is 9.80 Å². The van der Waals surface area contributed by atoms with Crippen LogP contribution in [0.4, 0.5) is 11.4 Å². The molecular formula is C20H20N2O2. The molecule has 0 N–H and O–H groups in total. The molecule has 0 spiro atoms. The molecule has 1 aliphatic rings. The average molecular weight is 320 g/mol. The van der Waals surface area contributed by atoms with Gasteiger partial charge in [0.2, 0.25) is 5.91 Å². The van der Waals surface area contributed by atoms with Crippen LogP contribution in [0.5, 0.6) is 0 Å². The van der Waals surface area contributed by atoms with Gasteiger partial charge in [-0.3, -0.25) is 9.59 Å². The van der Waals surface area contributed by atoms with Crippen LogP contribution in [0.2, 0.25) is 0 Å². The predicted octanol–water partition coefficient (Wildman–Crippen LogP) is 3.50. The third kappa shape index (κ3) is 2.83. The van der Waals surface area contributed by atoms with Crippen LogP contribution in [0.3, 0.4) is 0 Å². The first-order chi connectivity index (χ1) is 11.6. The summed E-state index contributed by atoms with van der Waals surface area (Å²) in [5.41, 5.74) is 2.12. The first kappa shape index (κ1) is 16.0. The number of benzene rings is 2. The zero-order valence-corrected chi connectivity index (χ0v) is 13.7. The first-order valence-corrected chi connectivity index (χ1v) is 8.01. The molecule has 3 rings (SSSR count). The topological polar surface area (TPSA) is 40.6 Å². The molecule has 0 aromatic heterocycles. The van der Waals surface area contributed by atoms with Gasteiger partial charge in [-0.15, -0.1) is 6.58 Å². The zero-order chi connectivity index (χ0) is 17.1. The third-order valence-corrected chi connectivity index (χ3v) is 4.18. The van der Waals surface area contributed by atoms with E-state index in [0.29, 0.717) is 18.7 Å². The van der Waals surface area contributed by atoms with E-state index < -0.39 is 0 Å². The van der Waals surface area contributed by atoms with E-state index in [1.54, 1.807) is 28.0 Å². The Labute approximate surface area is 142 Å². The van der Waals surface area contributed by atoms with Gasteiger partial charge in [0.05, 0.1) is 17.3 Å². The fourth-order valence-corrected chi connectivity index (χ4v) is 3.00. The van der Waals surface area contributed by atoms with E-state index in [9.17, 15) is 9.59 Å². The molecule has 0 aliphatic carbocycles. The molecular weight excluding hydrogens is 300 g/mol. The minimum absolute atomic E-state index is 0.00529. The lowest BCUT2D eigenvalue weighted by Gasteiger charge is -2.25. The van der Waals surface area contributed by atoms with E-state index in [4.69, 9.17) is 0 Å². The first-order valence-electron chi connectivity index (χ1n) is 8.01. The van der Waals surface area contributed by atoms with Crippen molar-refractivity contribution < 1.29 is 9.59 Å². The van der Waals surface area contributed by atoms with Crippen molar-refractivity contribution in [2.24, 2.45) is 5.92 Å². The average Bonchev–Trinajstić information content (AvgIpc) is 2.73. The van der Waals surface area contributed by atoms with Crippen molar-refractivity contribution in [3.63, 3.8) is 0 Å². The van der Waals surface area contributed by atoms with E-state index >= 15 is 0 Å². The van der Waals surface area contributed by atoms with Gasteiger partial charge in [0.15, 0.2) is 0 Å². The Morgan fingerprint density at radius 3 is 2.42 bits per heavy atom. The molecule has 1 unspecified atom stereocenters. The summed E-state index contributed by atoms with van der Waals surface area (Å²) >= 11 is 0. The zero-order valence-electron chi connectivity index (χ0n) is 13.7. The van der Waals surface area contributed by atoms with Crippen molar-refractivity contribution >= 4 is 23.2 Å². The highest BCUT2D eigenvalue weighted by Crippen LogP contribution is 2.34. The summed E-state index contributed by atoms with van der Waals surface area (Å²) in [5.74, 6) is -0.376. The Hall–Kier alpha value is -2.88. The molecule has 24 heavy (non-hydrogen) atoms. The number of amides is 2. The molecule has 122 valence electrons. The molecule has 1 atom stereocenters. The maximum atomic E-state index is 13.0. The van der Waals surface area contributed by atoms with Gasteiger partial charge < -0.3 is 9.80 Å². The summed E-state index contributed by atoms with van der Waals surface area (Å²) in [5, 5.41) is 0. The van der Waals surface area contributed by atoms with Crippen LogP contribution in [0.25, 0.3) is 0 Å². The molecule has 4 heteroatoms. The number of hydrogen-bond acceptors (Lipinski definition) is 2. The van der Waals surface area contributed by atoms with Crippen LogP contribution in [0.1, 0.15) is 17.3 Å². The van der Waals surface area contributed by atoms with Crippen molar-refractivity contribution in [2.45, 2.75) is 6.92 Å². The molecule has 2 aromatic carbocycles. The van der Waals surface area contributed by atoms with Crippen molar-refractivity contribution in [3.05, 3.63) is 72.8 Å². The molecule has 0 radical (unpaired) electrons. The van der Waals surface area contributed by atoms with Crippen LogP contribution in [0, 0.1) is 5.92 Å². The molecule has 0 bridgehead atoms. The smallest absolute Gasteiger partial charge is 0.258 e. The number of fused-ring (bicyclic) bond motifs is 1. The number of hydrogen-bond donors (Lipinski definition) is 0. The fraction of sp³-hybridized carbons (Fsp3) is 0.200. The molecule has 1 heterocycles. The van der Waals surface area contributed by atoms with E-state index in [1.165, 1.54) is 0 Å². The standard InChI is InChI=1S/C20H20N2O2/c1-3-13-21-17-11-7-8-12-18(17)22(14-15(2)19(21)23)20(24)16-9-5-4-6-10-16/h3-12,15H,1,13-14H2,2H3. The highest BCUT2D eigenvalue weighted by Gasteiger charge is 2.33. The molecule has 2 amide bonds. The summed E-state index contributed by atoms with van der Waals surface area (Å²) in [4.78, 5) is 29.2. The molecule has 0 saturated carbocycles. The maximum Gasteiger partial charge on any atom is 0.258 e. The number of carbonyl (C=O) groups is 2. The number of anilines is 2. The van der Waals surface area contributed by atoms with Crippen LogP contribution in [-0.4, -0.2) is 24.9 Å². The van der Waals surface area contributed by atoms with Crippen molar-refractivity contribution in [2.75, 3.05) is 22.9 Å². The summed E-state index contributed by atoms with van der Waals surface area (Å²) in [7, 11) is 0. The second-order valence-electron chi connectivity index (χ2n) is 5.91. The van der Waals surface area contributed by atoms with Gasteiger partial charge in [0.1, 0.15) is 0 Å². The Morgan fingerprint density at radius 2 is 1.75 bits per heavy atom. The maximum absolute atomic E-state index is 13.0. The van der Waals surface area contributed by atoms with Crippen molar-refractivity contribution in [3.8, 4) is 0 Å². The van der Waals surface area contributed by atoms with Crippen LogP contribution >= 0.6 is 0 Å². The molecule has 0 saturated heterocycles. The van der Waals surface area contributed by atoms with E-state index in [1.807, 2.05) is 49.4 Å². The summed E-state index contributed by atoms with van der Waals surface area (Å²) in [6.45, 7) is 6.38. The molecule has 4 nitrogen and oxygen atoms in total. The third-order valence-electron chi connectivity index (χ3n) is 4.18. The van der Waals surface area contributed by atoms with Gasteiger partial charge >= 0.3 is 0 Å². The molecule has 1 aliphatic heterocycles. The number of nitrogens with zero attached hydrogens (tertiary/aromatic N) is 2. The molecule has 0 fully saturated rings. The lowest BCUT2D eigenvalue weighted by Crippen LogP contribution is -2.38. The largest absolute Gasteiger partial charge is 0.306 e. The Bertz CT molecular complexity index is 770. The highest BCUT2D eigenvalue weighted by molar-refractivity contribution is 6.11. The van der Waals surface area contributed by atoms with Crippen LogP contribution in [-0.2, 0) is 4.79 Å². The van der Waals surface area contributed by atoms with Gasteiger partial charge in [-0.25, -0.2) is 0 Å². The number of rotatable bonds is 3. The Balaban J connectivity index is 2.09.